The van der Waals surface area contributed by atoms with Crippen molar-refractivity contribution in [3.8, 4) is 11.3 Å². The standard InChI is InChI=1S/C11H11FN2/c1-8-7-11(13-14(8)2)9-5-3-4-6-10(9)12/h3-7H,1-2H3. The zero-order valence-corrected chi connectivity index (χ0v) is 8.16. The number of hydrogen-bond donors (Lipinski definition) is 0. The van der Waals surface area contributed by atoms with E-state index in [0.29, 0.717) is 11.3 Å². The molecule has 0 aliphatic heterocycles. The van der Waals surface area contributed by atoms with Crippen LogP contribution in [0.4, 0.5) is 4.39 Å². The summed E-state index contributed by atoms with van der Waals surface area (Å²) in [4.78, 5) is 0. The normalized spacial score (nSPS) is 10.5. The largest absolute Gasteiger partial charge is 0.272 e. The first-order chi connectivity index (χ1) is 6.68. The second kappa shape index (κ2) is 3.25. The van der Waals surface area contributed by atoms with E-state index in [1.54, 1.807) is 16.8 Å². The van der Waals surface area contributed by atoms with Gasteiger partial charge in [0.25, 0.3) is 0 Å². The van der Waals surface area contributed by atoms with E-state index in [4.69, 9.17) is 0 Å². The van der Waals surface area contributed by atoms with Gasteiger partial charge >= 0.3 is 0 Å². The molecule has 0 aliphatic carbocycles. The van der Waals surface area contributed by atoms with Crippen molar-refractivity contribution in [3.05, 3.63) is 41.8 Å². The van der Waals surface area contributed by atoms with Crippen LogP contribution in [0.25, 0.3) is 11.3 Å². The molecule has 0 atom stereocenters. The third-order valence-electron chi connectivity index (χ3n) is 2.26. The average Bonchev–Trinajstić information content (AvgIpc) is 2.48. The number of aromatic nitrogens is 2. The van der Waals surface area contributed by atoms with Gasteiger partial charge in [0.15, 0.2) is 0 Å². The molecule has 0 fully saturated rings. The van der Waals surface area contributed by atoms with Crippen molar-refractivity contribution < 1.29 is 4.39 Å². The molecular formula is C11H11FN2. The molecule has 1 heterocycles. The average molecular weight is 190 g/mol. The number of hydrogen-bond acceptors (Lipinski definition) is 1. The topological polar surface area (TPSA) is 17.8 Å². The van der Waals surface area contributed by atoms with Gasteiger partial charge in [-0.3, -0.25) is 4.68 Å². The fourth-order valence-corrected chi connectivity index (χ4v) is 1.36. The van der Waals surface area contributed by atoms with Gasteiger partial charge in [-0.1, -0.05) is 12.1 Å². The maximum absolute atomic E-state index is 13.4. The first kappa shape index (κ1) is 8.94. The Morgan fingerprint density at radius 1 is 1.29 bits per heavy atom. The molecule has 2 nitrogen and oxygen atoms in total. The summed E-state index contributed by atoms with van der Waals surface area (Å²) in [5.41, 5.74) is 2.25. The summed E-state index contributed by atoms with van der Waals surface area (Å²) in [5, 5.41) is 4.22. The maximum atomic E-state index is 13.4. The monoisotopic (exact) mass is 190 g/mol. The van der Waals surface area contributed by atoms with Crippen molar-refractivity contribution in [2.45, 2.75) is 6.92 Å². The lowest BCUT2D eigenvalue weighted by molar-refractivity contribution is 0.630. The predicted octanol–water partition coefficient (Wildman–Crippen LogP) is 2.53. The summed E-state index contributed by atoms with van der Waals surface area (Å²) in [5.74, 6) is -0.231. The lowest BCUT2D eigenvalue weighted by Crippen LogP contribution is -1.92. The van der Waals surface area contributed by atoms with E-state index >= 15 is 0 Å². The molecule has 0 unspecified atom stereocenters. The van der Waals surface area contributed by atoms with Gasteiger partial charge in [-0.25, -0.2) is 4.39 Å². The number of nitrogens with zero attached hydrogens (tertiary/aromatic N) is 2. The maximum Gasteiger partial charge on any atom is 0.132 e. The van der Waals surface area contributed by atoms with E-state index in [-0.39, 0.29) is 5.82 Å². The molecule has 0 spiro atoms. The van der Waals surface area contributed by atoms with E-state index in [1.807, 2.05) is 26.1 Å². The van der Waals surface area contributed by atoms with E-state index in [1.165, 1.54) is 6.07 Å². The Morgan fingerprint density at radius 3 is 2.57 bits per heavy atom. The quantitative estimate of drug-likeness (QED) is 0.675. The zero-order valence-electron chi connectivity index (χ0n) is 8.16. The van der Waals surface area contributed by atoms with E-state index < -0.39 is 0 Å². The smallest absolute Gasteiger partial charge is 0.132 e. The van der Waals surface area contributed by atoms with Crippen LogP contribution in [0.5, 0.6) is 0 Å². The van der Waals surface area contributed by atoms with Crippen LogP contribution in [-0.4, -0.2) is 9.78 Å². The van der Waals surface area contributed by atoms with Crippen LogP contribution in [0.15, 0.2) is 30.3 Å². The Labute approximate surface area is 82.0 Å². The van der Waals surface area contributed by atoms with Gasteiger partial charge in [-0.2, -0.15) is 5.10 Å². The third kappa shape index (κ3) is 1.41. The van der Waals surface area contributed by atoms with Crippen molar-refractivity contribution in [2.24, 2.45) is 7.05 Å². The molecule has 1 aromatic carbocycles. The molecule has 0 saturated heterocycles. The molecule has 0 amide bonds. The first-order valence-corrected chi connectivity index (χ1v) is 4.44. The molecule has 72 valence electrons. The minimum Gasteiger partial charge on any atom is -0.272 e. The van der Waals surface area contributed by atoms with Crippen molar-refractivity contribution >= 4 is 0 Å². The van der Waals surface area contributed by atoms with Crippen LogP contribution in [0, 0.1) is 12.7 Å². The first-order valence-electron chi connectivity index (χ1n) is 4.44. The minimum atomic E-state index is -0.231. The van der Waals surface area contributed by atoms with Crippen LogP contribution in [-0.2, 0) is 7.05 Å². The molecule has 0 N–H and O–H groups in total. The van der Waals surface area contributed by atoms with Gasteiger partial charge in [-0.05, 0) is 25.1 Å². The van der Waals surface area contributed by atoms with Gasteiger partial charge in [0, 0.05) is 18.3 Å². The van der Waals surface area contributed by atoms with Gasteiger partial charge < -0.3 is 0 Å². The SMILES string of the molecule is Cc1cc(-c2ccccc2F)nn1C. The van der Waals surface area contributed by atoms with Gasteiger partial charge in [0.1, 0.15) is 5.82 Å². The Balaban J connectivity index is 2.55. The fraction of sp³-hybridized carbons (Fsp3) is 0.182. The van der Waals surface area contributed by atoms with Crippen LogP contribution in [0.3, 0.4) is 0 Å². The van der Waals surface area contributed by atoms with Gasteiger partial charge in [0.2, 0.25) is 0 Å². The van der Waals surface area contributed by atoms with Crippen LogP contribution in [0.1, 0.15) is 5.69 Å². The van der Waals surface area contributed by atoms with Gasteiger partial charge in [-0.15, -0.1) is 0 Å². The summed E-state index contributed by atoms with van der Waals surface area (Å²) in [6, 6.07) is 8.53. The molecule has 0 saturated carbocycles. The third-order valence-corrected chi connectivity index (χ3v) is 2.26. The van der Waals surface area contributed by atoms with Crippen molar-refractivity contribution in [2.75, 3.05) is 0 Å². The molecule has 0 bridgehead atoms. The Bertz CT molecular complexity index is 441. The van der Waals surface area contributed by atoms with Crippen LogP contribution < -0.4 is 0 Å². The lowest BCUT2D eigenvalue weighted by atomic mass is 10.1. The Morgan fingerprint density at radius 2 is 2.00 bits per heavy atom. The van der Waals surface area contributed by atoms with Crippen molar-refractivity contribution in [1.82, 2.24) is 9.78 Å². The molecule has 2 rings (SSSR count). The number of halogens is 1. The highest BCUT2D eigenvalue weighted by Crippen LogP contribution is 2.21. The lowest BCUT2D eigenvalue weighted by Gasteiger charge is -1.97. The second-order valence-electron chi connectivity index (χ2n) is 3.27. The fourth-order valence-electron chi connectivity index (χ4n) is 1.36. The summed E-state index contributed by atoms with van der Waals surface area (Å²) < 4.78 is 15.1. The summed E-state index contributed by atoms with van der Waals surface area (Å²) >= 11 is 0. The number of benzene rings is 1. The van der Waals surface area contributed by atoms with Crippen molar-refractivity contribution in [1.29, 1.82) is 0 Å². The van der Waals surface area contributed by atoms with E-state index in [9.17, 15) is 4.39 Å². The minimum absolute atomic E-state index is 0.231. The summed E-state index contributed by atoms with van der Waals surface area (Å²) in [6.07, 6.45) is 0. The highest BCUT2D eigenvalue weighted by atomic mass is 19.1. The summed E-state index contributed by atoms with van der Waals surface area (Å²) in [7, 11) is 1.85. The summed E-state index contributed by atoms with van der Waals surface area (Å²) in [6.45, 7) is 1.94. The van der Waals surface area contributed by atoms with Crippen LogP contribution >= 0.6 is 0 Å². The Kier molecular flexibility index (Phi) is 2.08. The van der Waals surface area contributed by atoms with Crippen molar-refractivity contribution in [3.63, 3.8) is 0 Å². The number of rotatable bonds is 1. The highest BCUT2D eigenvalue weighted by Gasteiger charge is 2.07. The molecule has 14 heavy (non-hydrogen) atoms. The highest BCUT2D eigenvalue weighted by molar-refractivity contribution is 5.59. The van der Waals surface area contributed by atoms with E-state index in [0.717, 1.165) is 5.69 Å². The Hall–Kier alpha value is -1.64. The van der Waals surface area contributed by atoms with Crippen LogP contribution in [0.2, 0.25) is 0 Å². The predicted molar refractivity (Wildman–Crippen MR) is 53.3 cm³/mol. The zero-order chi connectivity index (χ0) is 10.1. The number of aryl methyl sites for hydroxylation is 2. The molecule has 3 heteroatoms. The molecule has 0 radical (unpaired) electrons. The molecular weight excluding hydrogens is 179 g/mol. The van der Waals surface area contributed by atoms with E-state index in [2.05, 4.69) is 5.10 Å². The van der Waals surface area contributed by atoms with Gasteiger partial charge in [0.05, 0.1) is 5.69 Å². The molecule has 2 aromatic rings. The molecule has 1 aromatic heterocycles. The molecule has 0 aliphatic rings. The second-order valence-corrected chi connectivity index (χ2v) is 3.27.